The van der Waals surface area contributed by atoms with Gasteiger partial charge in [0, 0.05) is 18.2 Å². The van der Waals surface area contributed by atoms with Crippen LogP contribution in [0, 0.1) is 0 Å². The number of carbonyl (C=O) groups excluding carboxylic acids is 1. The van der Waals surface area contributed by atoms with Crippen LogP contribution in [0.4, 0.5) is 0 Å². The van der Waals surface area contributed by atoms with Gasteiger partial charge in [0.05, 0.1) is 7.11 Å². The number of hydrogen-bond acceptors (Lipinski definition) is 6. The van der Waals surface area contributed by atoms with E-state index in [-0.39, 0.29) is 34.7 Å². The van der Waals surface area contributed by atoms with Crippen LogP contribution in [0.2, 0.25) is 0 Å². The molecule has 2 aromatic rings. The highest BCUT2D eigenvalue weighted by molar-refractivity contribution is 7.89. The predicted octanol–water partition coefficient (Wildman–Crippen LogP) is 1.84. The summed E-state index contributed by atoms with van der Waals surface area (Å²) in [6.07, 6.45) is 1.63. The lowest BCUT2D eigenvalue weighted by Gasteiger charge is -2.19. The summed E-state index contributed by atoms with van der Waals surface area (Å²) in [6, 6.07) is 9.78. The van der Waals surface area contributed by atoms with E-state index < -0.39 is 10.0 Å². The molecule has 1 aliphatic carbocycles. The first kappa shape index (κ1) is 19.5. The van der Waals surface area contributed by atoms with Crippen LogP contribution in [0.1, 0.15) is 28.8 Å². The zero-order chi connectivity index (χ0) is 20.4. The Labute approximate surface area is 169 Å². The molecule has 1 amide bonds. The molecule has 1 saturated carbocycles. The van der Waals surface area contributed by atoms with Crippen LogP contribution < -0.4 is 24.2 Å². The fourth-order valence-corrected chi connectivity index (χ4v) is 4.49. The van der Waals surface area contributed by atoms with Crippen LogP contribution in [0.15, 0.2) is 41.3 Å². The van der Waals surface area contributed by atoms with Crippen molar-refractivity contribution in [2.45, 2.75) is 30.3 Å². The molecule has 1 aliphatic heterocycles. The van der Waals surface area contributed by atoms with Gasteiger partial charge in [0.25, 0.3) is 5.91 Å². The predicted molar refractivity (Wildman–Crippen MR) is 105 cm³/mol. The highest BCUT2D eigenvalue weighted by atomic mass is 32.2. The van der Waals surface area contributed by atoms with Crippen LogP contribution in [-0.2, 0) is 16.6 Å². The van der Waals surface area contributed by atoms with Gasteiger partial charge in [0.15, 0.2) is 11.5 Å². The van der Waals surface area contributed by atoms with Crippen molar-refractivity contribution in [2.75, 3.05) is 20.3 Å². The van der Waals surface area contributed by atoms with Gasteiger partial charge in [0.2, 0.25) is 10.0 Å². The van der Waals surface area contributed by atoms with E-state index in [9.17, 15) is 13.2 Å². The summed E-state index contributed by atoms with van der Waals surface area (Å²) >= 11 is 0. The third-order valence-electron chi connectivity index (χ3n) is 4.67. The Bertz CT molecular complexity index is 1030. The molecule has 0 aromatic heterocycles. The van der Waals surface area contributed by atoms with Crippen LogP contribution in [0.25, 0.3) is 0 Å². The fourth-order valence-electron chi connectivity index (χ4n) is 2.99. The van der Waals surface area contributed by atoms with Crippen molar-refractivity contribution in [1.29, 1.82) is 0 Å². The third-order valence-corrected chi connectivity index (χ3v) is 6.22. The molecule has 2 aliphatic rings. The summed E-state index contributed by atoms with van der Waals surface area (Å²) in [6.45, 7) is 1.27. The number of rotatable bonds is 7. The van der Waals surface area contributed by atoms with E-state index in [2.05, 4.69) is 10.0 Å². The molecule has 0 radical (unpaired) electrons. The van der Waals surface area contributed by atoms with Gasteiger partial charge >= 0.3 is 0 Å². The zero-order valence-corrected chi connectivity index (χ0v) is 16.8. The van der Waals surface area contributed by atoms with Crippen LogP contribution in [-0.4, -0.2) is 40.7 Å². The minimum absolute atomic E-state index is 0.0427. The second-order valence-electron chi connectivity index (χ2n) is 6.92. The van der Waals surface area contributed by atoms with E-state index in [1.54, 1.807) is 6.07 Å². The lowest BCUT2D eigenvalue weighted by molar-refractivity contribution is 0.0950. The molecule has 0 bridgehead atoms. The van der Waals surface area contributed by atoms with E-state index in [0.717, 1.165) is 18.4 Å². The molecule has 1 heterocycles. The molecule has 0 unspecified atom stereocenters. The molecule has 4 rings (SSSR count). The fraction of sp³-hybridized carbons (Fsp3) is 0.350. The third kappa shape index (κ3) is 4.46. The van der Waals surface area contributed by atoms with Gasteiger partial charge in [-0.3, -0.25) is 4.79 Å². The van der Waals surface area contributed by atoms with Gasteiger partial charge in [0.1, 0.15) is 23.9 Å². The van der Waals surface area contributed by atoms with Gasteiger partial charge in [-0.1, -0.05) is 6.07 Å². The summed E-state index contributed by atoms with van der Waals surface area (Å²) in [5.41, 5.74) is 1.08. The van der Waals surface area contributed by atoms with Crippen LogP contribution >= 0.6 is 0 Å². The maximum absolute atomic E-state index is 12.6. The average Bonchev–Trinajstić information content (AvgIpc) is 3.54. The van der Waals surface area contributed by atoms with E-state index in [1.165, 1.54) is 25.3 Å². The van der Waals surface area contributed by atoms with E-state index >= 15 is 0 Å². The molecular formula is C20H22N2O6S. The monoisotopic (exact) mass is 418 g/mol. The van der Waals surface area contributed by atoms with Crippen molar-refractivity contribution in [3.63, 3.8) is 0 Å². The lowest BCUT2D eigenvalue weighted by atomic mass is 10.1. The topological polar surface area (TPSA) is 103 Å². The number of sulfonamides is 1. The number of amides is 1. The quantitative estimate of drug-likeness (QED) is 0.711. The SMILES string of the molecule is COc1ccc(C(=O)NCc2ccc3c(c2)OCCO3)cc1S(=O)(=O)NC1CC1. The molecule has 0 saturated heterocycles. The summed E-state index contributed by atoms with van der Waals surface area (Å²) in [4.78, 5) is 12.6. The number of fused-ring (bicyclic) bond motifs is 1. The van der Waals surface area contributed by atoms with Gasteiger partial charge in [-0.2, -0.15) is 0 Å². The molecule has 0 spiro atoms. The highest BCUT2D eigenvalue weighted by Crippen LogP contribution is 2.31. The largest absolute Gasteiger partial charge is 0.495 e. The Morgan fingerprint density at radius 2 is 1.86 bits per heavy atom. The summed E-state index contributed by atoms with van der Waals surface area (Å²) in [5, 5.41) is 2.80. The first-order valence-electron chi connectivity index (χ1n) is 9.33. The Morgan fingerprint density at radius 3 is 2.59 bits per heavy atom. The number of hydrogen-bond donors (Lipinski definition) is 2. The number of benzene rings is 2. The van der Waals surface area contributed by atoms with Crippen molar-refractivity contribution in [1.82, 2.24) is 10.0 Å². The molecule has 29 heavy (non-hydrogen) atoms. The normalized spacial score (nSPS) is 15.6. The second kappa shape index (κ2) is 7.92. The first-order valence-corrected chi connectivity index (χ1v) is 10.8. The zero-order valence-electron chi connectivity index (χ0n) is 15.9. The van der Waals surface area contributed by atoms with Crippen molar-refractivity contribution in [3.05, 3.63) is 47.5 Å². The van der Waals surface area contributed by atoms with Gasteiger partial charge in [-0.15, -0.1) is 0 Å². The smallest absolute Gasteiger partial charge is 0.251 e. The summed E-state index contributed by atoms with van der Waals surface area (Å²) in [7, 11) is -2.36. The van der Waals surface area contributed by atoms with Crippen molar-refractivity contribution >= 4 is 15.9 Å². The second-order valence-corrected chi connectivity index (χ2v) is 8.60. The molecule has 2 N–H and O–H groups in total. The van der Waals surface area contributed by atoms with Gasteiger partial charge in [-0.05, 0) is 48.7 Å². The van der Waals surface area contributed by atoms with E-state index in [0.29, 0.717) is 24.7 Å². The van der Waals surface area contributed by atoms with E-state index in [4.69, 9.17) is 14.2 Å². The minimum atomic E-state index is -3.76. The van der Waals surface area contributed by atoms with Crippen LogP contribution in [0.5, 0.6) is 17.2 Å². The molecular weight excluding hydrogens is 396 g/mol. The molecule has 2 aromatic carbocycles. The summed E-state index contributed by atoms with van der Waals surface area (Å²) < 4.78 is 44.0. The maximum atomic E-state index is 12.6. The Hall–Kier alpha value is -2.78. The summed E-state index contributed by atoms with van der Waals surface area (Å²) in [5.74, 6) is 1.14. The van der Waals surface area contributed by atoms with Gasteiger partial charge < -0.3 is 19.5 Å². The molecule has 0 atom stereocenters. The standard InChI is InChI=1S/C20H22N2O6S/c1-26-17-7-3-14(11-19(17)29(24,25)22-15-4-5-15)20(23)21-12-13-2-6-16-18(10-13)28-9-8-27-16/h2-3,6-7,10-11,15,22H,4-5,8-9,12H2,1H3,(H,21,23). The molecule has 154 valence electrons. The van der Waals surface area contributed by atoms with Crippen LogP contribution in [0.3, 0.4) is 0 Å². The first-order chi connectivity index (χ1) is 14.0. The number of carbonyl (C=O) groups is 1. The van der Waals surface area contributed by atoms with Crippen molar-refractivity contribution in [2.24, 2.45) is 0 Å². The number of nitrogens with one attached hydrogen (secondary N) is 2. The number of ether oxygens (including phenoxy) is 3. The molecule has 9 heteroatoms. The Morgan fingerprint density at radius 1 is 1.10 bits per heavy atom. The van der Waals surface area contributed by atoms with Crippen molar-refractivity contribution in [3.8, 4) is 17.2 Å². The minimum Gasteiger partial charge on any atom is -0.495 e. The molecule has 1 fully saturated rings. The van der Waals surface area contributed by atoms with E-state index in [1.807, 2.05) is 12.1 Å². The van der Waals surface area contributed by atoms with Crippen molar-refractivity contribution < 1.29 is 27.4 Å². The molecule has 8 nitrogen and oxygen atoms in total. The maximum Gasteiger partial charge on any atom is 0.251 e. The average molecular weight is 418 g/mol. The highest BCUT2D eigenvalue weighted by Gasteiger charge is 2.30. The Kier molecular flexibility index (Phi) is 5.33. The van der Waals surface area contributed by atoms with Gasteiger partial charge in [-0.25, -0.2) is 13.1 Å². The number of methoxy groups -OCH3 is 1. The lowest BCUT2D eigenvalue weighted by Crippen LogP contribution is -2.27. The Balaban J connectivity index is 1.49.